The van der Waals surface area contributed by atoms with E-state index in [9.17, 15) is 9.59 Å². The second-order valence-electron chi connectivity index (χ2n) is 5.68. The van der Waals surface area contributed by atoms with Crippen molar-refractivity contribution in [2.45, 2.75) is 31.7 Å². The van der Waals surface area contributed by atoms with Gasteiger partial charge in [0.25, 0.3) is 5.91 Å². The van der Waals surface area contributed by atoms with Gasteiger partial charge in [-0.05, 0) is 41.8 Å². The van der Waals surface area contributed by atoms with Gasteiger partial charge in [-0.1, -0.05) is 25.0 Å². The predicted octanol–water partition coefficient (Wildman–Crippen LogP) is 3.95. The lowest BCUT2D eigenvalue weighted by Crippen LogP contribution is -2.35. The molecule has 24 heavy (non-hydrogen) atoms. The number of esters is 1. The van der Waals surface area contributed by atoms with Crippen molar-refractivity contribution in [2.75, 3.05) is 6.61 Å². The summed E-state index contributed by atoms with van der Waals surface area (Å²) in [4.78, 5) is 26.2. The Hall–Kier alpha value is -1.92. The van der Waals surface area contributed by atoms with Crippen molar-refractivity contribution in [3.05, 3.63) is 44.8 Å². The van der Waals surface area contributed by atoms with Gasteiger partial charge in [0.05, 0.1) is 5.57 Å². The molecule has 0 spiro atoms. The molecule has 0 radical (unpaired) electrons. The van der Waals surface area contributed by atoms with Crippen molar-refractivity contribution >= 4 is 46.2 Å². The van der Waals surface area contributed by atoms with E-state index in [4.69, 9.17) is 4.74 Å². The normalized spacial score (nSPS) is 15.4. The van der Waals surface area contributed by atoms with Crippen molar-refractivity contribution in [1.29, 1.82) is 0 Å². The minimum atomic E-state index is -0.465. The number of carbonyl (C=O) groups is 2. The monoisotopic (exact) mass is 361 g/mol. The summed E-state index contributed by atoms with van der Waals surface area (Å²) in [6, 6.07) is 7.88. The van der Waals surface area contributed by atoms with Gasteiger partial charge in [-0.2, -0.15) is 0 Å². The molecular formula is C18H19NO3S2. The van der Waals surface area contributed by atoms with Gasteiger partial charge in [-0.15, -0.1) is 22.7 Å². The standard InChI is InChI=1S/C18H19NO3S2/c20-17(19-13-5-1-2-6-13)12-22-18(21)15(16-8-4-10-24-16)11-14-7-3-9-23-14/h3-4,7-11,13H,1-2,5-6,12H2,(H,19,20)/b15-11+. The van der Waals surface area contributed by atoms with Gasteiger partial charge in [-0.25, -0.2) is 4.79 Å². The van der Waals surface area contributed by atoms with E-state index < -0.39 is 5.97 Å². The van der Waals surface area contributed by atoms with E-state index >= 15 is 0 Å². The molecule has 126 valence electrons. The number of hydrogen-bond donors (Lipinski definition) is 1. The molecule has 0 aromatic carbocycles. The lowest BCUT2D eigenvalue weighted by Gasteiger charge is -2.12. The van der Waals surface area contributed by atoms with E-state index in [0.29, 0.717) is 5.57 Å². The molecule has 1 saturated carbocycles. The van der Waals surface area contributed by atoms with Crippen molar-refractivity contribution < 1.29 is 14.3 Å². The van der Waals surface area contributed by atoms with Crippen LogP contribution in [0.15, 0.2) is 35.0 Å². The van der Waals surface area contributed by atoms with Crippen LogP contribution in [-0.4, -0.2) is 24.5 Å². The van der Waals surface area contributed by atoms with E-state index in [1.54, 1.807) is 11.3 Å². The highest BCUT2D eigenvalue weighted by Crippen LogP contribution is 2.25. The molecule has 1 fully saturated rings. The molecular weight excluding hydrogens is 342 g/mol. The molecule has 0 aliphatic heterocycles. The number of carbonyl (C=O) groups excluding carboxylic acids is 2. The predicted molar refractivity (Wildman–Crippen MR) is 97.9 cm³/mol. The zero-order valence-electron chi connectivity index (χ0n) is 13.2. The Labute approximate surface area is 149 Å². The number of nitrogens with one attached hydrogen (secondary N) is 1. The molecule has 1 aliphatic carbocycles. The zero-order chi connectivity index (χ0) is 16.8. The number of ether oxygens (including phenoxy) is 1. The summed E-state index contributed by atoms with van der Waals surface area (Å²) < 4.78 is 5.24. The Bertz CT molecular complexity index is 699. The summed E-state index contributed by atoms with van der Waals surface area (Å²) in [5, 5.41) is 6.79. The molecule has 2 aromatic rings. The third kappa shape index (κ3) is 4.55. The largest absolute Gasteiger partial charge is 0.452 e. The average Bonchev–Trinajstić information content (AvgIpc) is 3.32. The Morgan fingerprint density at radius 3 is 2.58 bits per heavy atom. The third-order valence-electron chi connectivity index (χ3n) is 3.89. The Kier molecular flexibility index (Phi) is 5.82. The molecule has 2 heterocycles. The van der Waals surface area contributed by atoms with Gasteiger partial charge in [0, 0.05) is 15.8 Å². The minimum Gasteiger partial charge on any atom is -0.452 e. The first-order valence-electron chi connectivity index (χ1n) is 7.98. The van der Waals surface area contributed by atoms with Gasteiger partial charge < -0.3 is 10.1 Å². The SMILES string of the molecule is O=C(COC(=O)/C(=C/c1cccs1)c1cccs1)NC1CCCC1. The maximum atomic E-state index is 12.5. The fraction of sp³-hybridized carbons (Fsp3) is 0.333. The van der Waals surface area contributed by atoms with E-state index in [0.717, 1.165) is 35.4 Å². The Balaban J connectivity index is 1.62. The summed E-state index contributed by atoms with van der Waals surface area (Å²) in [6.07, 6.45) is 6.14. The molecule has 1 N–H and O–H groups in total. The highest BCUT2D eigenvalue weighted by Gasteiger charge is 2.20. The second kappa shape index (κ2) is 8.26. The number of thiophene rings is 2. The van der Waals surface area contributed by atoms with E-state index in [1.165, 1.54) is 11.3 Å². The van der Waals surface area contributed by atoms with Gasteiger partial charge in [0.2, 0.25) is 0 Å². The van der Waals surface area contributed by atoms with Crippen LogP contribution in [0.5, 0.6) is 0 Å². The summed E-state index contributed by atoms with van der Waals surface area (Å²) >= 11 is 3.03. The zero-order valence-corrected chi connectivity index (χ0v) is 14.8. The maximum Gasteiger partial charge on any atom is 0.340 e. The van der Waals surface area contributed by atoms with Crippen molar-refractivity contribution in [1.82, 2.24) is 5.32 Å². The van der Waals surface area contributed by atoms with Crippen LogP contribution in [0.3, 0.4) is 0 Å². The van der Waals surface area contributed by atoms with Crippen LogP contribution in [0, 0.1) is 0 Å². The third-order valence-corrected chi connectivity index (χ3v) is 5.61. The summed E-state index contributed by atoms with van der Waals surface area (Å²) in [5.74, 6) is -0.690. The van der Waals surface area contributed by atoms with E-state index in [2.05, 4.69) is 5.32 Å². The molecule has 0 unspecified atom stereocenters. The molecule has 1 aliphatic rings. The van der Waals surface area contributed by atoms with Crippen molar-refractivity contribution in [3.8, 4) is 0 Å². The number of hydrogen-bond acceptors (Lipinski definition) is 5. The highest BCUT2D eigenvalue weighted by molar-refractivity contribution is 7.12. The summed E-state index contributed by atoms with van der Waals surface area (Å²) in [6.45, 7) is -0.234. The van der Waals surface area contributed by atoms with Gasteiger partial charge in [0.1, 0.15) is 0 Å². The maximum absolute atomic E-state index is 12.5. The molecule has 6 heteroatoms. The van der Waals surface area contributed by atoms with E-state index in [1.807, 2.05) is 41.1 Å². The summed E-state index contributed by atoms with van der Waals surface area (Å²) in [5.41, 5.74) is 0.487. The average molecular weight is 361 g/mol. The van der Waals surface area contributed by atoms with E-state index in [-0.39, 0.29) is 18.6 Å². The van der Waals surface area contributed by atoms with Crippen LogP contribution in [-0.2, 0) is 14.3 Å². The first kappa shape index (κ1) is 16.9. The van der Waals surface area contributed by atoms with Crippen molar-refractivity contribution in [2.24, 2.45) is 0 Å². The topological polar surface area (TPSA) is 55.4 Å². The fourth-order valence-electron chi connectivity index (χ4n) is 2.73. The van der Waals surface area contributed by atoms with Crippen LogP contribution in [0.4, 0.5) is 0 Å². The Morgan fingerprint density at radius 1 is 1.17 bits per heavy atom. The van der Waals surface area contributed by atoms with Gasteiger partial charge >= 0.3 is 5.97 Å². The first-order valence-corrected chi connectivity index (χ1v) is 9.74. The van der Waals surface area contributed by atoms with Crippen LogP contribution < -0.4 is 5.32 Å². The fourth-order valence-corrected chi connectivity index (χ4v) is 4.11. The second-order valence-corrected chi connectivity index (χ2v) is 7.60. The molecule has 3 rings (SSSR count). The molecule has 0 atom stereocenters. The lowest BCUT2D eigenvalue weighted by molar-refractivity contribution is -0.143. The van der Waals surface area contributed by atoms with Crippen LogP contribution in [0.1, 0.15) is 35.4 Å². The molecule has 1 amide bonds. The quantitative estimate of drug-likeness (QED) is 0.626. The van der Waals surface area contributed by atoms with Crippen LogP contribution in [0.2, 0.25) is 0 Å². The van der Waals surface area contributed by atoms with Gasteiger partial charge in [0.15, 0.2) is 6.61 Å². The van der Waals surface area contributed by atoms with Crippen LogP contribution in [0.25, 0.3) is 11.6 Å². The molecule has 0 saturated heterocycles. The number of rotatable bonds is 6. The Morgan fingerprint density at radius 2 is 1.92 bits per heavy atom. The van der Waals surface area contributed by atoms with Crippen LogP contribution >= 0.6 is 22.7 Å². The first-order chi connectivity index (χ1) is 11.7. The summed E-state index contributed by atoms with van der Waals surface area (Å²) in [7, 11) is 0. The molecule has 0 bridgehead atoms. The van der Waals surface area contributed by atoms with Gasteiger partial charge in [-0.3, -0.25) is 4.79 Å². The van der Waals surface area contributed by atoms with Crippen molar-refractivity contribution in [3.63, 3.8) is 0 Å². The lowest BCUT2D eigenvalue weighted by atomic mass is 10.2. The molecule has 4 nitrogen and oxygen atoms in total. The molecule has 2 aromatic heterocycles. The smallest absolute Gasteiger partial charge is 0.340 e. The minimum absolute atomic E-state index is 0.225. The highest BCUT2D eigenvalue weighted by atomic mass is 32.1. The number of amides is 1.